The number of benzene rings is 5. The average Bonchev–Trinajstić information content (AvgIpc) is 3.35. The Kier molecular flexibility index (Phi) is 5.46. The number of aromatic nitrogens is 3. The van der Waals surface area contributed by atoms with Crippen molar-refractivity contribution in [2.45, 2.75) is 0 Å². The van der Waals surface area contributed by atoms with Crippen molar-refractivity contribution in [3.8, 4) is 45.7 Å². The van der Waals surface area contributed by atoms with Gasteiger partial charge in [-0.3, -0.25) is 0 Å². The third-order valence-electron chi connectivity index (χ3n) is 7.05. The van der Waals surface area contributed by atoms with E-state index in [0.29, 0.717) is 11.4 Å². The fourth-order valence-electron chi connectivity index (χ4n) is 5.24. The number of hydrogen-bond donors (Lipinski definition) is 0. The smallest absolute Gasteiger partial charge is 0.162 e. The molecule has 0 aliphatic rings. The molecule has 0 aliphatic heterocycles. The van der Waals surface area contributed by atoms with Crippen molar-refractivity contribution in [3.05, 3.63) is 139 Å². The van der Waals surface area contributed by atoms with Crippen LogP contribution >= 0.6 is 0 Å². The molecule has 0 saturated carbocycles. The Morgan fingerprint density at radius 3 is 1.59 bits per heavy atom. The highest BCUT2D eigenvalue weighted by Crippen LogP contribution is 2.37. The van der Waals surface area contributed by atoms with Gasteiger partial charge in [0.25, 0.3) is 0 Å². The van der Waals surface area contributed by atoms with Gasteiger partial charge in [-0.2, -0.15) is 5.26 Å². The first-order valence-electron chi connectivity index (χ1n) is 12.8. The lowest BCUT2D eigenvalue weighted by atomic mass is 10.0. The van der Waals surface area contributed by atoms with E-state index in [9.17, 15) is 5.26 Å². The molecular formula is C35H22N4. The second-order valence-corrected chi connectivity index (χ2v) is 9.41. The Morgan fingerprint density at radius 1 is 0.538 bits per heavy atom. The Bertz CT molecular complexity index is 1910. The summed E-state index contributed by atoms with van der Waals surface area (Å²) in [6.07, 6.45) is 0. The Labute approximate surface area is 226 Å². The summed E-state index contributed by atoms with van der Waals surface area (Å²) in [7, 11) is 0. The van der Waals surface area contributed by atoms with E-state index < -0.39 is 0 Å². The van der Waals surface area contributed by atoms with Crippen molar-refractivity contribution in [2.24, 2.45) is 0 Å². The minimum Gasteiger partial charge on any atom is -0.309 e. The monoisotopic (exact) mass is 498 g/mol. The lowest BCUT2D eigenvalue weighted by Crippen LogP contribution is -2.02. The summed E-state index contributed by atoms with van der Waals surface area (Å²) in [5, 5.41) is 12.2. The maximum absolute atomic E-state index is 9.84. The fourth-order valence-corrected chi connectivity index (χ4v) is 5.24. The largest absolute Gasteiger partial charge is 0.309 e. The van der Waals surface area contributed by atoms with Gasteiger partial charge in [0.05, 0.1) is 39.7 Å². The molecule has 0 fully saturated rings. The molecular weight excluding hydrogens is 476 g/mol. The Balaban J connectivity index is 1.55. The standard InChI is InChI=1S/C35H22N4/c36-23-24-19-20-34(39-32-17-9-7-15-27(32)28-16-8-10-18-33(28)39)29(21-24)35-37-30(25-11-3-1-4-12-25)22-31(38-35)26-13-5-2-6-14-26/h1-22H. The van der Waals surface area contributed by atoms with Crippen LogP contribution in [0.3, 0.4) is 0 Å². The minimum atomic E-state index is 0.560. The number of rotatable bonds is 4. The molecule has 0 aliphatic carbocycles. The molecule has 2 heterocycles. The van der Waals surface area contributed by atoms with Crippen LogP contribution in [-0.4, -0.2) is 14.5 Å². The summed E-state index contributed by atoms with van der Waals surface area (Å²) in [6, 6.07) is 47.2. The van der Waals surface area contributed by atoms with E-state index in [-0.39, 0.29) is 0 Å². The van der Waals surface area contributed by atoms with Gasteiger partial charge in [-0.05, 0) is 36.4 Å². The van der Waals surface area contributed by atoms with Gasteiger partial charge in [0.2, 0.25) is 0 Å². The molecule has 0 radical (unpaired) electrons. The summed E-state index contributed by atoms with van der Waals surface area (Å²) in [6.45, 7) is 0. The predicted molar refractivity (Wildman–Crippen MR) is 157 cm³/mol. The highest BCUT2D eigenvalue weighted by atomic mass is 15.0. The molecule has 0 spiro atoms. The van der Waals surface area contributed by atoms with Gasteiger partial charge >= 0.3 is 0 Å². The van der Waals surface area contributed by atoms with Crippen molar-refractivity contribution in [1.82, 2.24) is 14.5 Å². The number of nitrogens with zero attached hydrogens (tertiary/aromatic N) is 4. The maximum atomic E-state index is 9.84. The summed E-state index contributed by atoms with van der Waals surface area (Å²) < 4.78 is 2.25. The molecule has 0 atom stereocenters. The van der Waals surface area contributed by atoms with Crippen molar-refractivity contribution in [2.75, 3.05) is 0 Å². The van der Waals surface area contributed by atoms with Gasteiger partial charge in [0.1, 0.15) is 0 Å². The highest BCUT2D eigenvalue weighted by molar-refractivity contribution is 6.09. The molecule has 39 heavy (non-hydrogen) atoms. The number of nitriles is 1. The fraction of sp³-hybridized carbons (Fsp3) is 0. The van der Waals surface area contributed by atoms with Crippen LogP contribution in [0.4, 0.5) is 0 Å². The SMILES string of the molecule is N#Cc1ccc(-n2c3ccccc3c3ccccc32)c(-c2nc(-c3ccccc3)cc(-c3ccccc3)n2)c1. The van der Waals surface area contributed by atoms with Gasteiger partial charge in [-0.1, -0.05) is 97.1 Å². The minimum absolute atomic E-state index is 0.560. The van der Waals surface area contributed by atoms with E-state index in [1.54, 1.807) is 0 Å². The average molecular weight is 499 g/mol. The second-order valence-electron chi connectivity index (χ2n) is 9.41. The zero-order valence-corrected chi connectivity index (χ0v) is 21.0. The highest BCUT2D eigenvalue weighted by Gasteiger charge is 2.19. The number of hydrogen-bond acceptors (Lipinski definition) is 3. The molecule has 0 bridgehead atoms. The zero-order valence-electron chi connectivity index (χ0n) is 21.0. The van der Waals surface area contributed by atoms with Crippen LogP contribution < -0.4 is 0 Å². The van der Waals surface area contributed by atoms with E-state index in [2.05, 4.69) is 83.4 Å². The lowest BCUT2D eigenvalue weighted by molar-refractivity contribution is 1.14. The van der Waals surface area contributed by atoms with Gasteiger partial charge in [-0.15, -0.1) is 0 Å². The van der Waals surface area contributed by atoms with Gasteiger partial charge in [-0.25, -0.2) is 9.97 Å². The second kappa shape index (κ2) is 9.41. The van der Waals surface area contributed by atoms with E-state index in [1.165, 1.54) is 10.8 Å². The predicted octanol–water partition coefficient (Wildman–Crippen LogP) is 8.45. The van der Waals surface area contributed by atoms with E-state index >= 15 is 0 Å². The van der Waals surface area contributed by atoms with E-state index in [0.717, 1.165) is 44.8 Å². The molecule has 4 nitrogen and oxygen atoms in total. The molecule has 4 heteroatoms. The molecule has 5 aromatic carbocycles. The molecule has 7 aromatic rings. The molecule has 0 N–H and O–H groups in total. The lowest BCUT2D eigenvalue weighted by Gasteiger charge is -2.15. The van der Waals surface area contributed by atoms with Gasteiger partial charge < -0.3 is 4.57 Å². The number of para-hydroxylation sites is 2. The van der Waals surface area contributed by atoms with Crippen LogP contribution in [0.1, 0.15) is 5.56 Å². The zero-order chi connectivity index (χ0) is 26.2. The van der Waals surface area contributed by atoms with Crippen molar-refractivity contribution in [3.63, 3.8) is 0 Å². The number of fused-ring (bicyclic) bond motifs is 3. The quantitative estimate of drug-likeness (QED) is 0.245. The third kappa shape index (κ3) is 3.94. The van der Waals surface area contributed by atoms with Crippen LogP contribution in [0.25, 0.3) is 61.4 Å². The summed E-state index contributed by atoms with van der Waals surface area (Å²) in [5.41, 5.74) is 8.14. The molecule has 182 valence electrons. The maximum Gasteiger partial charge on any atom is 0.162 e. The van der Waals surface area contributed by atoms with Crippen LogP contribution in [-0.2, 0) is 0 Å². The van der Waals surface area contributed by atoms with E-state index in [4.69, 9.17) is 9.97 Å². The topological polar surface area (TPSA) is 54.5 Å². The molecule has 0 saturated heterocycles. The Hall–Kier alpha value is -5.53. The molecule has 0 amide bonds. The summed E-state index contributed by atoms with van der Waals surface area (Å²) in [5.74, 6) is 0.573. The van der Waals surface area contributed by atoms with Gasteiger partial charge in [0.15, 0.2) is 5.82 Å². The van der Waals surface area contributed by atoms with Gasteiger partial charge in [0, 0.05) is 27.5 Å². The first-order valence-corrected chi connectivity index (χ1v) is 12.8. The van der Waals surface area contributed by atoms with Crippen LogP contribution in [0.5, 0.6) is 0 Å². The van der Waals surface area contributed by atoms with Crippen LogP contribution in [0, 0.1) is 11.3 Å². The van der Waals surface area contributed by atoms with Crippen LogP contribution in [0.15, 0.2) is 133 Å². The van der Waals surface area contributed by atoms with Crippen molar-refractivity contribution >= 4 is 21.8 Å². The first kappa shape index (κ1) is 22.7. The van der Waals surface area contributed by atoms with Crippen molar-refractivity contribution in [1.29, 1.82) is 5.26 Å². The summed E-state index contributed by atoms with van der Waals surface area (Å²) in [4.78, 5) is 10.1. The first-order chi connectivity index (χ1) is 19.3. The summed E-state index contributed by atoms with van der Waals surface area (Å²) >= 11 is 0. The normalized spacial score (nSPS) is 11.1. The molecule has 2 aromatic heterocycles. The third-order valence-corrected chi connectivity index (χ3v) is 7.05. The van der Waals surface area contributed by atoms with E-state index in [1.807, 2.05) is 60.7 Å². The van der Waals surface area contributed by atoms with Crippen molar-refractivity contribution < 1.29 is 0 Å². The van der Waals surface area contributed by atoms with Crippen LogP contribution in [0.2, 0.25) is 0 Å². The molecule has 7 rings (SSSR count). The Morgan fingerprint density at radius 2 is 1.05 bits per heavy atom. The molecule has 0 unspecified atom stereocenters.